The second-order valence-electron chi connectivity index (χ2n) is 3.63. The minimum absolute atomic E-state index is 0.156. The SMILES string of the molecule is CC1CCC(=O)c2cc(O)ccc21. The maximum Gasteiger partial charge on any atom is 0.163 e. The number of phenolic OH excluding ortho intramolecular Hbond substituents is 1. The highest BCUT2D eigenvalue weighted by molar-refractivity contribution is 5.99. The minimum atomic E-state index is 0.156. The number of hydrogen-bond donors (Lipinski definition) is 1. The molecule has 0 bridgehead atoms. The van der Waals surface area contributed by atoms with Gasteiger partial charge < -0.3 is 5.11 Å². The zero-order chi connectivity index (χ0) is 9.42. The molecule has 2 heteroatoms. The molecular formula is C11H12O2. The topological polar surface area (TPSA) is 37.3 Å². The van der Waals surface area contributed by atoms with Gasteiger partial charge in [-0.15, -0.1) is 0 Å². The van der Waals surface area contributed by atoms with E-state index in [-0.39, 0.29) is 11.5 Å². The maximum atomic E-state index is 11.5. The number of phenols is 1. The normalized spacial score (nSPS) is 21.3. The van der Waals surface area contributed by atoms with Gasteiger partial charge in [0, 0.05) is 12.0 Å². The Morgan fingerprint density at radius 2 is 2.23 bits per heavy atom. The molecule has 1 aliphatic rings. The summed E-state index contributed by atoms with van der Waals surface area (Å²) >= 11 is 0. The molecule has 1 aromatic carbocycles. The van der Waals surface area contributed by atoms with Gasteiger partial charge in [0.25, 0.3) is 0 Å². The molecule has 68 valence electrons. The van der Waals surface area contributed by atoms with Gasteiger partial charge in [0.05, 0.1) is 0 Å². The number of rotatable bonds is 0. The first-order chi connectivity index (χ1) is 6.18. The highest BCUT2D eigenvalue weighted by Gasteiger charge is 2.22. The fraction of sp³-hybridized carbons (Fsp3) is 0.364. The lowest BCUT2D eigenvalue weighted by atomic mass is 9.83. The second-order valence-corrected chi connectivity index (χ2v) is 3.63. The van der Waals surface area contributed by atoms with Crippen LogP contribution in [0.1, 0.15) is 41.6 Å². The predicted octanol–water partition coefficient (Wildman–Crippen LogP) is 2.47. The van der Waals surface area contributed by atoms with Crippen LogP contribution in [0.2, 0.25) is 0 Å². The quantitative estimate of drug-likeness (QED) is 0.659. The number of Topliss-reactive ketones (excluding diaryl/α,β-unsaturated/α-hetero) is 1. The Kier molecular flexibility index (Phi) is 1.83. The van der Waals surface area contributed by atoms with Crippen molar-refractivity contribution in [1.82, 2.24) is 0 Å². The molecule has 0 amide bonds. The molecule has 0 aromatic heterocycles. The van der Waals surface area contributed by atoms with Crippen molar-refractivity contribution in [3.63, 3.8) is 0 Å². The van der Waals surface area contributed by atoms with Gasteiger partial charge in [-0.1, -0.05) is 13.0 Å². The molecular weight excluding hydrogens is 164 g/mol. The maximum absolute atomic E-state index is 11.5. The molecule has 2 rings (SSSR count). The molecule has 1 unspecified atom stereocenters. The van der Waals surface area contributed by atoms with Gasteiger partial charge in [-0.25, -0.2) is 0 Å². The Morgan fingerprint density at radius 3 is 3.00 bits per heavy atom. The summed E-state index contributed by atoms with van der Waals surface area (Å²) in [5.74, 6) is 0.776. The summed E-state index contributed by atoms with van der Waals surface area (Å²) in [5, 5.41) is 9.24. The Balaban J connectivity index is 2.57. The van der Waals surface area contributed by atoms with Crippen LogP contribution in [0.4, 0.5) is 0 Å². The summed E-state index contributed by atoms with van der Waals surface area (Å²) in [4.78, 5) is 11.5. The van der Waals surface area contributed by atoms with Crippen molar-refractivity contribution in [2.24, 2.45) is 0 Å². The van der Waals surface area contributed by atoms with Crippen LogP contribution in [-0.4, -0.2) is 10.9 Å². The Morgan fingerprint density at radius 1 is 1.46 bits per heavy atom. The van der Waals surface area contributed by atoms with Crippen LogP contribution in [-0.2, 0) is 0 Å². The van der Waals surface area contributed by atoms with Crippen molar-refractivity contribution in [2.45, 2.75) is 25.7 Å². The van der Waals surface area contributed by atoms with Crippen molar-refractivity contribution in [3.8, 4) is 5.75 Å². The largest absolute Gasteiger partial charge is 0.508 e. The smallest absolute Gasteiger partial charge is 0.163 e. The molecule has 2 nitrogen and oxygen atoms in total. The summed E-state index contributed by atoms with van der Waals surface area (Å²) in [5.41, 5.74) is 1.79. The van der Waals surface area contributed by atoms with Crippen molar-refractivity contribution in [3.05, 3.63) is 29.3 Å². The van der Waals surface area contributed by atoms with Crippen LogP contribution in [0.3, 0.4) is 0 Å². The molecule has 1 N–H and O–H groups in total. The van der Waals surface area contributed by atoms with E-state index in [2.05, 4.69) is 6.92 Å². The number of aromatic hydroxyl groups is 1. The molecule has 1 aromatic rings. The third-order valence-corrected chi connectivity index (χ3v) is 2.67. The Bertz CT molecular complexity index is 355. The Hall–Kier alpha value is -1.31. The van der Waals surface area contributed by atoms with Crippen molar-refractivity contribution in [1.29, 1.82) is 0 Å². The highest BCUT2D eigenvalue weighted by atomic mass is 16.3. The third-order valence-electron chi connectivity index (χ3n) is 2.67. The number of carbonyl (C=O) groups is 1. The van der Waals surface area contributed by atoms with Crippen LogP contribution >= 0.6 is 0 Å². The first-order valence-corrected chi connectivity index (χ1v) is 4.54. The van der Waals surface area contributed by atoms with E-state index in [1.165, 1.54) is 0 Å². The number of benzene rings is 1. The third kappa shape index (κ3) is 1.32. The standard InChI is InChI=1S/C11H12O2/c1-7-2-5-11(13)10-6-8(12)3-4-9(7)10/h3-4,6-7,12H,2,5H2,1H3. The van der Waals surface area contributed by atoms with Crippen LogP contribution in [0.15, 0.2) is 18.2 Å². The zero-order valence-corrected chi connectivity index (χ0v) is 7.58. The van der Waals surface area contributed by atoms with Crippen LogP contribution < -0.4 is 0 Å². The van der Waals surface area contributed by atoms with Crippen LogP contribution in [0.5, 0.6) is 5.75 Å². The van der Waals surface area contributed by atoms with Crippen LogP contribution in [0, 0.1) is 0 Å². The average Bonchev–Trinajstić information content (AvgIpc) is 2.12. The van der Waals surface area contributed by atoms with Gasteiger partial charge >= 0.3 is 0 Å². The minimum Gasteiger partial charge on any atom is -0.508 e. The predicted molar refractivity (Wildman–Crippen MR) is 50.1 cm³/mol. The Labute approximate surface area is 77.2 Å². The van der Waals surface area contributed by atoms with Gasteiger partial charge in [-0.2, -0.15) is 0 Å². The molecule has 0 radical (unpaired) electrons. The molecule has 1 aliphatic carbocycles. The summed E-state index contributed by atoms with van der Waals surface area (Å²) < 4.78 is 0. The van der Waals surface area contributed by atoms with E-state index in [9.17, 15) is 9.90 Å². The van der Waals surface area contributed by atoms with E-state index in [4.69, 9.17) is 0 Å². The lowest BCUT2D eigenvalue weighted by Gasteiger charge is -2.20. The lowest BCUT2D eigenvalue weighted by molar-refractivity contribution is 0.0967. The van der Waals surface area contributed by atoms with E-state index in [0.717, 1.165) is 12.0 Å². The van der Waals surface area contributed by atoms with E-state index in [0.29, 0.717) is 17.9 Å². The zero-order valence-electron chi connectivity index (χ0n) is 7.58. The van der Waals surface area contributed by atoms with Gasteiger partial charge in [-0.05, 0) is 30.0 Å². The van der Waals surface area contributed by atoms with Crippen molar-refractivity contribution < 1.29 is 9.90 Å². The number of hydrogen-bond acceptors (Lipinski definition) is 2. The first kappa shape index (κ1) is 8.30. The molecule has 0 spiro atoms. The number of fused-ring (bicyclic) bond motifs is 1. The molecule has 1 atom stereocenters. The van der Waals surface area contributed by atoms with Crippen molar-refractivity contribution in [2.75, 3.05) is 0 Å². The number of ketones is 1. The fourth-order valence-electron chi connectivity index (χ4n) is 1.85. The van der Waals surface area contributed by atoms with Gasteiger partial charge in [0.15, 0.2) is 5.78 Å². The van der Waals surface area contributed by atoms with E-state index in [1.54, 1.807) is 12.1 Å². The summed E-state index contributed by atoms with van der Waals surface area (Å²) in [7, 11) is 0. The van der Waals surface area contributed by atoms with E-state index in [1.807, 2.05) is 6.07 Å². The molecule has 0 saturated heterocycles. The second kappa shape index (κ2) is 2.87. The van der Waals surface area contributed by atoms with Gasteiger partial charge in [0.1, 0.15) is 5.75 Å². The molecule has 0 saturated carbocycles. The fourth-order valence-corrected chi connectivity index (χ4v) is 1.85. The van der Waals surface area contributed by atoms with Gasteiger partial charge in [-0.3, -0.25) is 4.79 Å². The molecule has 13 heavy (non-hydrogen) atoms. The molecule has 0 aliphatic heterocycles. The molecule has 0 fully saturated rings. The van der Waals surface area contributed by atoms with E-state index >= 15 is 0 Å². The van der Waals surface area contributed by atoms with E-state index < -0.39 is 0 Å². The lowest BCUT2D eigenvalue weighted by Crippen LogP contribution is -2.13. The number of carbonyl (C=O) groups excluding carboxylic acids is 1. The first-order valence-electron chi connectivity index (χ1n) is 4.54. The highest BCUT2D eigenvalue weighted by Crippen LogP contribution is 2.32. The average molecular weight is 176 g/mol. The monoisotopic (exact) mass is 176 g/mol. The summed E-state index contributed by atoms with van der Waals surface area (Å²) in [6, 6.07) is 5.08. The van der Waals surface area contributed by atoms with Crippen LogP contribution in [0.25, 0.3) is 0 Å². The summed E-state index contributed by atoms with van der Waals surface area (Å²) in [6.45, 7) is 2.11. The van der Waals surface area contributed by atoms with Crippen molar-refractivity contribution >= 4 is 5.78 Å². The van der Waals surface area contributed by atoms with Gasteiger partial charge in [0.2, 0.25) is 0 Å². The summed E-state index contributed by atoms with van der Waals surface area (Å²) in [6.07, 6.45) is 1.54. The molecule has 0 heterocycles.